The number of nitrogens with zero attached hydrogens (tertiary/aromatic N) is 3. The van der Waals surface area contributed by atoms with Gasteiger partial charge in [-0.25, -0.2) is 4.98 Å². The molecule has 4 rings (SSSR count). The maximum atomic E-state index is 12.8. The Labute approximate surface area is 173 Å². The van der Waals surface area contributed by atoms with E-state index in [1.165, 1.54) is 17.2 Å². The number of thiophene rings is 1. The Hall–Kier alpha value is -2.74. The summed E-state index contributed by atoms with van der Waals surface area (Å²) in [5.41, 5.74) is 1.18. The third-order valence-corrected chi connectivity index (χ3v) is 6.14. The standard InChI is InChI=1S/C21H25N5O2S/c1-13(2)15-12-19(27)24-21(22-15)26-18(11-16(25-26)17-9-6-10-29-17)23-20(28)14-7-4-3-5-8-14/h6,9-14H,3-5,7-8H2,1-2H3,(H,23,28)(H,22,24,27). The average molecular weight is 412 g/mol. The van der Waals surface area contributed by atoms with Crippen LogP contribution in [0.2, 0.25) is 0 Å². The molecule has 1 fully saturated rings. The van der Waals surface area contributed by atoms with Crippen LogP contribution in [0.25, 0.3) is 16.5 Å². The molecular formula is C21H25N5O2S. The van der Waals surface area contributed by atoms with E-state index in [2.05, 4.69) is 20.4 Å². The van der Waals surface area contributed by atoms with Gasteiger partial charge in [0, 0.05) is 18.1 Å². The largest absolute Gasteiger partial charge is 0.310 e. The fourth-order valence-corrected chi connectivity index (χ4v) is 4.31. The van der Waals surface area contributed by atoms with Gasteiger partial charge in [-0.05, 0) is 30.2 Å². The fourth-order valence-electron chi connectivity index (χ4n) is 3.63. The summed E-state index contributed by atoms with van der Waals surface area (Å²) in [7, 11) is 0. The number of hydrogen-bond acceptors (Lipinski definition) is 5. The number of anilines is 1. The minimum atomic E-state index is -0.239. The van der Waals surface area contributed by atoms with Crippen molar-refractivity contribution in [3.05, 3.63) is 45.7 Å². The Morgan fingerprint density at radius 1 is 1.28 bits per heavy atom. The number of hydrogen-bond donors (Lipinski definition) is 2. The molecule has 3 aromatic rings. The first-order valence-corrected chi connectivity index (χ1v) is 11.0. The predicted octanol–water partition coefficient (Wildman–Crippen LogP) is 4.33. The highest BCUT2D eigenvalue weighted by atomic mass is 32.1. The van der Waals surface area contributed by atoms with Crippen LogP contribution in [-0.4, -0.2) is 25.7 Å². The predicted molar refractivity (Wildman–Crippen MR) is 115 cm³/mol. The summed E-state index contributed by atoms with van der Waals surface area (Å²) in [6.07, 6.45) is 5.19. The molecule has 152 valence electrons. The Kier molecular flexibility index (Phi) is 5.62. The van der Waals surface area contributed by atoms with E-state index in [1.807, 2.05) is 37.4 Å². The fraction of sp³-hybridized carbons (Fsp3) is 0.429. The van der Waals surface area contributed by atoms with Crippen molar-refractivity contribution in [2.24, 2.45) is 5.92 Å². The molecule has 29 heavy (non-hydrogen) atoms. The van der Waals surface area contributed by atoms with Gasteiger partial charge in [0.25, 0.3) is 5.56 Å². The van der Waals surface area contributed by atoms with Crippen LogP contribution in [0.5, 0.6) is 0 Å². The highest BCUT2D eigenvalue weighted by Gasteiger charge is 2.24. The van der Waals surface area contributed by atoms with Gasteiger partial charge in [0.1, 0.15) is 11.5 Å². The van der Waals surface area contributed by atoms with E-state index in [0.717, 1.165) is 36.3 Å². The Balaban J connectivity index is 1.74. The molecule has 0 unspecified atom stereocenters. The molecule has 0 spiro atoms. The van der Waals surface area contributed by atoms with Gasteiger partial charge in [-0.2, -0.15) is 9.78 Å². The number of aromatic nitrogens is 4. The van der Waals surface area contributed by atoms with Gasteiger partial charge in [-0.15, -0.1) is 11.3 Å². The molecule has 0 saturated heterocycles. The van der Waals surface area contributed by atoms with Gasteiger partial charge in [-0.1, -0.05) is 39.2 Å². The van der Waals surface area contributed by atoms with E-state index < -0.39 is 0 Å². The van der Waals surface area contributed by atoms with Gasteiger partial charge < -0.3 is 5.32 Å². The number of carbonyl (C=O) groups excluding carboxylic acids is 1. The van der Waals surface area contributed by atoms with Crippen molar-refractivity contribution in [3.63, 3.8) is 0 Å². The lowest BCUT2D eigenvalue weighted by atomic mass is 9.89. The Morgan fingerprint density at radius 3 is 2.76 bits per heavy atom. The number of nitrogens with one attached hydrogen (secondary N) is 2. The molecule has 1 amide bonds. The smallest absolute Gasteiger partial charge is 0.252 e. The minimum absolute atomic E-state index is 0.00550. The third-order valence-electron chi connectivity index (χ3n) is 5.25. The average Bonchev–Trinajstić information content (AvgIpc) is 3.38. The molecule has 1 aliphatic rings. The number of aromatic amines is 1. The molecule has 0 radical (unpaired) electrons. The normalized spacial score (nSPS) is 15.0. The van der Waals surface area contributed by atoms with Crippen LogP contribution in [-0.2, 0) is 4.79 Å². The molecule has 1 aliphatic carbocycles. The van der Waals surface area contributed by atoms with Crippen molar-refractivity contribution in [3.8, 4) is 16.5 Å². The highest BCUT2D eigenvalue weighted by molar-refractivity contribution is 7.13. The molecule has 3 aromatic heterocycles. The number of rotatable bonds is 5. The number of amides is 1. The molecule has 0 bridgehead atoms. The lowest BCUT2D eigenvalue weighted by molar-refractivity contribution is -0.120. The van der Waals surface area contributed by atoms with Crippen LogP contribution in [0.3, 0.4) is 0 Å². The molecule has 8 heteroatoms. The maximum Gasteiger partial charge on any atom is 0.252 e. The minimum Gasteiger partial charge on any atom is -0.310 e. The summed E-state index contributed by atoms with van der Waals surface area (Å²) in [6, 6.07) is 7.27. The molecule has 7 nitrogen and oxygen atoms in total. The molecule has 3 heterocycles. The quantitative estimate of drug-likeness (QED) is 0.654. The van der Waals surface area contributed by atoms with Crippen LogP contribution in [0.15, 0.2) is 34.4 Å². The first kappa shape index (κ1) is 19.6. The topological polar surface area (TPSA) is 92.7 Å². The summed E-state index contributed by atoms with van der Waals surface area (Å²) in [6.45, 7) is 3.97. The zero-order chi connectivity index (χ0) is 20.4. The first-order chi connectivity index (χ1) is 14.0. The van der Waals surface area contributed by atoms with Crippen molar-refractivity contribution in [1.29, 1.82) is 0 Å². The van der Waals surface area contributed by atoms with Crippen molar-refractivity contribution in [2.45, 2.75) is 51.9 Å². The van der Waals surface area contributed by atoms with Crippen molar-refractivity contribution in [1.82, 2.24) is 19.7 Å². The summed E-state index contributed by atoms with van der Waals surface area (Å²) in [4.78, 5) is 33.3. The van der Waals surface area contributed by atoms with E-state index in [0.29, 0.717) is 17.5 Å². The lowest BCUT2D eigenvalue weighted by Gasteiger charge is -2.20. The molecular weight excluding hydrogens is 386 g/mol. The van der Waals surface area contributed by atoms with E-state index in [1.54, 1.807) is 11.3 Å². The van der Waals surface area contributed by atoms with E-state index in [9.17, 15) is 9.59 Å². The van der Waals surface area contributed by atoms with Gasteiger partial charge >= 0.3 is 0 Å². The van der Waals surface area contributed by atoms with Crippen molar-refractivity contribution in [2.75, 3.05) is 5.32 Å². The molecule has 1 saturated carbocycles. The zero-order valence-corrected chi connectivity index (χ0v) is 17.5. The highest BCUT2D eigenvalue weighted by Crippen LogP contribution is 2.29. The second-order valence-electron chi connectivity index (χ2n) is 7.78. The van der Waals surface area contributed by atoms with Crippen LogP contribution >= 0.6 is 11.3 Å². The Bertz CT molecular complexity index is 1050. The second kappa shape index (κ2) is 8.32. The van der Waals surface area contributed by atoms with Gasteiger partial charge in [0.15, 0.2) is 0 Å². The second-order valence-corrected chi connectivity index (χ2v) is 8.72. The number of carbonyl (C=O) groups is 1. The van der Waals surface area contributed by atoms with E-state index in [-0.39, 0.29) is 23.3 Å². The van der Waals surface area contributed by atoms with Crippen LogP contribution in [0.1, 0.15) is 57.6 Å². The first-order valence-electron chi connectivity index (χ1n) is 10.1. The zero-order valence-electron chi connectivity index (χ0n) is 16.6. The monoisotopic (exact) mass is 411 g/mol. The van der Waals surface area contributed by atoms with E-state index >= 15 is 0 Å². The lowest BCUT2D eigenvalue weighted by Crippen LogP contribution is -2.26. The molecule has 0 aromatic carbocycles. The number of H-pyrrole nitrogens is 1. The Morgan fingerprint density at radius 2 is 2.07 bits per heavy atom. The van der Waals surface area contributed by atoms with Gasteiger partial charge in [0.05, 0.1) is 10.6 Å². The third kappa shape index (κ3) is 4.32. The van der Waals surface area contributed by atoms with Crippen molar-refractivity contribution >= 4 is 23.1 Å². The van der Waals surface area contributed by atoms with Crippen LogP contribution in [0.4, 0.5) is 5.82 Å². The maximum absolute atomic E-state index is 12.8. The van der Waals surface area contributed by atoms with Crippen LogP contribution < -0.4 is 10.9 Å². The summed E-state index contributed by atoms with van der Waals surface area (Å²) in [5, 5.41) is 9.66. The molecule has 0 aliphatic heterocycles. The summed E-state index contributed by atoms with van der Waals surface area (Å²) in [5.74, 6) is 0.955. The van der Waals surface area contributed by atoms with E-state index in [4.69, 9.17) is 0 Å². The molecule has 2 N–H and O–H groups in total. The van der Waals surface area contributed by atoms with Gasteiger partial charge in [0.2, 0.25) is 11.9 Å². The van der Waals surface area contributed by atoms with Crippen molar-refractivity contribution < 1.29 is 4.79 Å². The summed E-state index contributed by atoms with van der Waals surface area (Å²) >= 11 is 1.57. The van der Waals surface area contributed by atoms with Crippen LogP contribution in [0, 0.1) is 5.92 Å². The molecule has 0 atom stereocenters. The SMILES string of the molecule is CC(C)c1cc(=O)[nH]c(-n2nc(-c3cccs3)cc2NC(=O)C2CCCCC2)n1. The van der Waals surface area contributed by atoms with Gasteiger partial charge in [-0.3, -0.25) is 14.6 Å². The summed E-state index contributed by atoms with van der Waals surface area (Å²) < 4.78 is 1.53.